The minimum Gasteiger partial charge on any atom is -0.321 e. The Morgan fingerprint density at radius 3 is 2.50 bits per heavy atom. The summed E-state index contributed by atoms with van der Waals surface area (Å²) in [6.45, 7) is 4.02. The van der Waals surface area contributed by atoms with Gasteiger partial charge in [-0.2, -0.15) is 0 Å². The van der Waals surface area contributed by atoms with Crippen LogP contribution in [0.15, 0.2) is 66.7 Å². The lowest BCUT2D eigenvalue weighted by Gasteiger charge is -2.08. The lowest BCUT2D eigenvalue weighted by atomic mass is 10.0. The van der Waals surface area contributed by atoms with E-state index in [1.165, 1.54) is 22.5 Å². The standard InChI is InChI=1S/C24H20ClNOS/c1-15-7-10-17(11-8-15)13-20-19-5-3-4-6-22(19)28-23(20)24(27)26-18-12-9-16(2)21(25)14-18/h3-12,14H,13H2,1-2H3,(H,26,27). The average Bonchev–Trinajstić information content (AvgIpc) is 3.05. The van der Waals surface area contributed by atoms with Crippen molar-refractivity contribution in [3.8, 4) is 0 Å². The van der Waals surface area contributed by atoms with Gasteiger partial charge < -0.3 is 5.32 Å². The van der Waals surface area contributed by atoms with Gasteiger partial charge in [0.2, 0.25) is 0 Å². The van der Waals surface area contributed by atoms with E-state index in [4.69, 9.17) is 11.6 Å². The van der Waals surface area contributed by atoms with Crippen LogP contribution in [0, 0.1) is 13.8 Å². The molecule has 4 rings (SSSR count). The molecule has 1 heterocycles. The molecule has 3 aromatic carbocycles. The molecular formula is C24H20ClNOS. The lowest BCUT2D eigenvalue weighted by molar-refractivity contribution is 0.103. The van der Waals surface area contributed by atoms with Crippen LogP contribution in [-0.4, -0.2) is 5.91 Å². The highest BCUT2D eigenvalue weighted by Gasteiger charge is 2.19. The van der Waals surface area contributed by atoms with Crippen molar-refractivity contribution in [3.63, 3.8) is 0 Å². The molecule has 0 atom stereocenters. The molecule has 140 valence electrons. The van der Waals surface area contributed by atoms with Gasteiger partial charge in [-0.15, -0.1) is 11.3 Å². The highest BCUT2D eigenvalue weighted by molar-refractivity contribution is 7.21. The van der Waals surface area contributed by atoms with Gasteiger partial charge in [0.05, 0.1) is 4.88 Å². The van der Waals surface area contributed by atoms with E-state index in [1.54, 1.807) is 6.07 Å². The Kier molecular flexibility index (Phi) is 5.21. The number of thiophene rings is 1. The first-order valence-electron chi connectivity index (χ1n) is 9.15. The molecule has 4 aromatic rings. The number of fused-ring (bicyclic) bond motifs is 1. The predicted octanol–water partition coefficient (Wildman–Crippen LogP) is 7.01. The van der Waals surface area contributed by atoms with Crippen molar-refractivity contribution in [1.82, 2.24) is 0 Å². The Morgan fingerprint density at radius 2 is 1.75 bits per heavy atom. The fraction of sp³-hybridized carbons (Fsp3) is 0.125. The molecule has 0 fully saturated rings. The number of carbonyl (C=O) groups is 1. The van der Waals surface area contributed by atoms with Crippen LogP contribution in [0.2, 0.25) is 5.02 Å². The van der Waals surface area contributed by atoms with Gasteiger partial charge in [-0.05, 0) is 60.5 Å². The second-order valence-corrected chi connectivity index (χ2v) is 8.45. The van der Waals surface area contributed by atoms with Crippen molar-refractivity contribution >= 4 is 44.6 Å². The van der Waals surface area contributed by atoms with E-state index in [1.807, 2.05) is 31.2 Å². The largest absolute Gasteiger partial charge is 0.321 e. The second kappa shape index (κ2) is 7.78. The van der Waals surface area contributed by atoms with Crippen LogP contribution in [0.4, 0.5) is 5.69 Å². The molecule has 1 N–H and O–H groups in total. The quantitative estimate of drug-likeness (QED) is 0.388. The van der Waals surface area contributed by atoms with Crippen molar-refractivity contribution < 1.29 is 4.79 Å². The van der Waals surface area contributed by atoms with Gasteiger partial charge in [0, 0.05) is 15.4 Å². The van der Waals surface area contributed by atoms with E-state index in [9.17, 15) is 4.79 Å². The van der Waals surface area contributed by atoms with Gasteiger partial charge in [0.25, 0.3) is 5.91 Å². The number of halogens is 1. The van der Waals surface area contributed by atoms with E-state index < -0.39 is 0 Å². The number of carbonyl (C=O) groups excluding carboxylic acids is 1. The number of hydrogen-bond donors (Lipinski definition) is 1. The van der Waals surface area contributed by atoms with Gasteiger partial charge in [0.1, 0.15) is 0 Å². The summed E-state index contributed by atoms with van der Waals surface area (Å²) < 4.78 is 1.12. The monoisotopic (exact) mass is 405 g/mol. The smallest absolute Gasteiger partial charge is 0.266 e. The highest BCUT2D eigenvalue weighted by atomic mass is 35.5. The molecule has 1 amide bonds. The summed E-state index contributed by atoms with van der Waals surface area (Å²) in [5, 5.41) is 4.80. The number of aryl methyl sites for hydroxylation is 2. The fourth-order valence-corrected chi connectivity index (χ4v) is 4.52. The predicted molar refractivity (Wildman–Crippen MR) is 120 cm³/mol. The molecule has 0 saturated heterocycles. The van der Waals surface area contributed by atoms with E-state index in [0.717, 1.165) is 32.5 Å². The zero-order valence-corrected chi connectivity index (χ0v) is 17.3. The maximum absolute atomic E-state index is 13.1. The van der Waals surface area contributed by atoms with Crippen LogP contribution < -0.4 is 5.32 Å². The van der Waals surface area contributed by atoms with E-state index >= 15 is 0 Å². The summed E-state index contributed by atoms with van der Waals surface area (Å²) in [6, 6.07) is 22.3. The maximum atomic E-state index is 13.1. The van der Waals surface area contributed by atoms with E-state index in [-0.39, 0.29) is 5.91 Å². The third kappa shape index (κ3) is 3.82. The van der Waals surface area contributed by atoms with Crippen molar-refractivity contribution in [1.29, 1.82) is 0 Å². The normalized spacial score (nSPS) is 11.0. The first kappa shape index (κ1) is 18.7. The molecule has 4 heteroatoms. The average molecular weight is 406 g/mol. The first-order chi connectivity index (χ1) is 13.5. The van der Waals surface area contributed by atoms with E-state index in [0.29, 0.717) is 10.7 Å². The zero-order valence-electron chi connectivity index (χ0n) is 15.8. The molecule has 28 heavy (non-hydrogen) atoms. The van der Waals surface area contributed by atoms with Crippen molar-refractivity contribution in [2.45, 2.75) is 20.3 Å². The van der Waals surface area contributed by atoms with Gasteiger partial charge in [0.15, 0.2) is 0 Å². The van der Waals surface area contributed by atoms with Crippen molar-refractivity contribution in [2.24, 2.45) is 0 Å². The third-order valence-corrected chi connectivity index (χ3v) is 6.45. The number of anilines is 1. The van der Waals surface area contributed by atoms with Gasteiger partial charge in [-0.1, -0.05) is 65.7 Å². The summed E-state index contributed by atoms with van der Waals surface area (Å²) in [6.07, 6.45) is 0.724. The second-order valence-electron chi connectivity index (χ2n) is 6.99. The molecule has 0 unspecified atom stereocenters. The van der Waals surface area contributed by atoms with Crippen LogP contribution >= 0.6 is 22.9 Å². The summed E-state index contributed by atoms with van der Waals surface area (Å²) in [4.78, 5) is 13.8. The van der Waals surface area contributed by atoms with Gasteiger partial charge in [-0.25, -0.2) is 0 Å². The summed E-state index contributed by atoms with van der Waals surface area (Å²) >= 11 is 7.75. The molecule has 0 saturated carbocycles. The highest BCUT2D eigenvalue weighted by Crippen LogP contribution is 2.34. The van der Waals surface area contributed by atoms with Crippen LogP contribution in [0.5, 0.6) is 0 Å². The number of rotatable bonds is 4. The molecule has 0 aliphatic carbocycles. The Morgan fingerprint density at radius 1 is 1.00 bits per heavy atom. The Hall–Kier alpha value is -2.62. The minimum atomic E-state index is -0.0942. The maximum Gasteiger partial charge on any atom is 0.266 e. The van der Waals surface area contributed by atoms with Crippen LogP contribution in [0.25, 0.3) is 10.1 Å². The Bertz CT molecular complexity index is 1160. The molecule has 0 aliphatic heterocycles. The molecule has 2 nitrogen and oxygen atoms in total. The number of amides is 1. The summed E-state index contributed by atoms with van der Waals surface area (Å²) in [5.41, 5.74) is 5.19. The molecule has 1 aromatic heterocycles. The third-order valence-electron chi connectivity index (χ3n) is 4.84. The molecule has 0 aliphatic rings. The Labute approximate surface area is 173 Å². The topological polar surface area (TPSA) is 29.1 Å². The minimum absolute atomic E-state index is 0.0942. The van der Waals surface area contributed by atoms with E-state index in [2.05, 4.69) is 48.6 Å². The lowest BCUT2D eigenvalue weighted by Crippen LogP contribution is -2.12. The summed E-state index contributed by atoms with van der Waals surface area (Å²) in [7, 11) is 0. The van der Waals surface area contributed by atoms with Crippen molar-refractivity contribution in [3.05, 3.63) is 98.9 Å². The fourth-order valence-electron chi connectivity index (χ4n) is 3.23. The Balaban J connectivity index is 1.71. The molecule has 0 bridgehead atoms. The molecule has 0 radical (unpaired) electrons. The molecule has 0 spiro atoms. The zero-order chi connectivity index (χ0) is 19.7. The summed E-state index contributed by atoms with van der Waals surface area (Å²) in [5.74, 6) is -0.0942. The first-order valence-corrected chi connectivity index (χ1v) is 10.3. The molecular weight excluding hydrogens is 386 g/mol. The van der Waals surface area contributed by atoms with Crippen molar-refractivity contribution in [2.75, 3.05) is 5.32 Å². The van der Waals surface area contributed by atoms with Crippen LogP contribution in [0.1, 0.15) is 31.9 Å². The number of hydrogen-bond acceptors (Lipinski definition) is 2. The van der Waals surface area contributed by atoms with Crippen LogP contribution in [0.3, 0.4) is 0 Å². The SMILES string of the molecule is Cc1ccc(Cc2c(C(=O)Nc3ccc(C)c(Cl)c3)sc3ccccc23)cc1. The van der Waals surface area contributed by atoms with Crippen LogP contribution in [-0.2, 0) is 6.42 Å². The van der Waals surface area contributed by atoms with Gasteiger partial charge in [-0.3, -0.25) is 4.79 Å². The number of nitrogens with one attached hydrogen (secondary N) is 1. The number of benzene rings is 3. The van der Waals surface area contributed by atoms with Gasteiger partial charge >= 0.3 is 0 Å².